The van der Waals surface area contributed by atoms with Crippen LogP contribution in [0.5, 0.6) is 5.75 Å². The Morgan fingerprint density at radius 2 is 2.16 bits per heavy atom. The Balaban J connectivity index is 2.14. The number of likely N-dealkylation sites (N-methyl/N-ethyl adjacent to an activating group) is 1. The van der Waals surface area contributed by atoms with Gasteiger partial charge in [0.1, 0.15) is 5.75 Å². The summed E-state index contributed by atoms with van der Waals surface area (Å²) in [6.07, 6.45) is 0.871. The van der Waals surface area contributed by atoms with Crippen LogP contribution in [0, 0.1) is 0 Å². The molecule has 0 saturated carbocycles. The van der Waals surface area contributed by atoms with Crippen molar-refractivity contribution in [2.45, 2.75) is 26.4 Å². The van der Waals surface area contributed by atoms with Gasteiger partial charge in [0, 0.05) is 18.5 Å². The standard InChI is InChI=1S/C14H19N3O2/c1-10(2)18-12-6-4-5-11(9-12)14-17-16-13(19-14)7-8-15-3/h4-6,9-10,15H,7-8H2,1-3H3. The van der Waals surface area contributed by atoms with Crippen LogP contribution in [0.1, 0.15) is 19.7 Å². The lowest BCUT2D eigenvalue weighted by Gasteiger charge is -2.09. The Labute approximate surface area is 113 Å². The van der Waals surface area contributed by atoms with E-state index in [1.165, 1.54) is 0 Å². The molecule has 102 valence electrons. The summed E-state index contributed by atoms with van der Waals surface area (Å²) >= 11 is 0. The highest BCUT2D eigenvalue weighted by molar-refractivity contribution is 5.55. The van der Waals surface area contributed by atoms with Crippen LogP contribution in [0.4, 0.5) is 0 Å². The predicted molar refractivity (Wildman–Crippen MR) is 73.1 cm³/mol. The monoisotopic (exact) mass is 261 g/mol. The van der Waals surface area contributed by atoms with Gasteiger partial charge in [-0.3, -0.25) is 0 Å². The van der Waals surface area contributed by atoms with Crippen LogP contribution in [0.2, 0.25) is 0 Å². The molecule has 0 bridgehead atoms. The summed E-state index contributed by atoms with van der Waals surface area (Å²) in [5.74, 6) is 1.97. The SMILES string of the molecule is CNCCc1nnc(-c2cccc(OC(C)C)c2)o1. The molecule has 0 fully saturated rings. The third-order valence-corrected chi connectivity index (χ3v) is 2.51. The molecule has 0 unspecified atom stereocenters. The van der Waals surface area contributed by atoms with E-state index in [1.54, 1.807) is 0 Å². The van der Waals surface area contributed by atoms with Crippen LogP contribution in [0.3, 0.4) is 0 Å². The predicted octanol–water partition coefficient (Wildman–Crippen LogP) is 2.29. The van der Waals surface area contributed by atoms with Crippen LogP contribution in [-0.2, 0) is 6.42 Å². The normalized spacial score (nSPS) is 10.9. The largest absolute Gasteiger partial charge is 0.491 e. The van der Waals surface area contributed by atoms with E-state index >= 15 is 0 Å². The first-order chi connectivity index (χ1) is 9.19. The van der Waals surface area contributed by atoms with Crippen molar-refractivity contribution in [3.8, 4) is 17.2 Å². The van der Waals surface area contributed by atoms with Crippen LogP contribution in [0.25, 0.3) is 11.5 Å². The molecule has 0 spiro atoms. The quantitative estimate of drug-likeness (QED) is 0.864. The van der Waals surface area contributed by atoms with Crippen molar-refractivity contribution >= 4 is 0 Å². The molecule has 2 aromatic rings. The van der Waals surface area contributed by atoms with Gasteiger partial charge in [-0.2, -0.15) is 0 Å². The summed E-state index contributed by atoms with van der Waals surface area (Å²) in [4.78, 5) is 0. The molecule has 0 aliphatic rings. The van der Waals surface area contributed by atoms with Gasteiger partial charge >= 0.3 is 0 Å². The molecule has 0 atom stereocenters. The maximum atomic E-state index is 5.65. The van der Waals surface area contributed by atoms with Crippen molar-refractivity contribution in [2.24, 2.45) is 0 Å². The molecule has 0 radical (unpaired) electrons. The van der Waals surface area contributed by atoms with Gasteiger partial charge in [0.2, 0.25) is 11.8 Å². The molecule has 0 aliphatic carbocycles. The first-order valence-corrected chi connectivity index (χ1v) is 6.43. The number of hydrogen-bond donors (Lipinski definition) is 1. The molecule has 0 amide bonds. The summed E-state index contributed by atoms with van der Waals surface area (Å²) in [6, 6.07) is 7.68. The molecule has 5 heteroatoms. The molecular formula is C14H19N3O2. The molecule has 0 saturated heterocycles. The van der Waals surface area contributed by atoms with Gasteiger partial charge in [-0.15, -0.1) is 10.2 Å². The summed E-state index contributed by atoms with van der Waals surface area (Å²) < 4.78 is 11.3. The van der Waals surface area contributed by atoms with E-state index in [4.69, 9.17) is 9.15 Å². The van der Waals surface area contributed by atoms with E-state index in [0.29, 0.717) is 11.8 Å². The minimum Gasteiger partial charge on any atom is -0.491 e. The Kier molecular flexibility index (Phi) is 4.52. The molecule has 5 nitrogen and oxygen atoms in total. The highest BCUT2D eigenvalue weighted by Crippen LogP contribution is 2.23. The summed E-state index contributed by atoms with van der Waals surface area (Å²) in [5.41, 5.74) is 0.876. The fourth-order valence-electron chi connectivity index (χ4n) is 1.68. The second-order valence-corrected chi connectivity index (χ2v) is 4.55. The van der Waals surface area contributed by atoms with E-state index in [1.807, 2.05) is 45.2 Å². The Morgan fingerprint density at radius 3 is 2.89 bits per heavy atom. The van der Waals surface area contributed by atoms with E-state index in [0.717, 1.165) is 24.3 Å². The van der Waals surface area contributed by atoms with Gasteiger partial charge in [0.25, 0.3) is 0 Å². The number of nitrogens with one attached hydrogen (secondary N) is 1. The Hall–Kier alpha value is -1.88. The van der Waals surface area contributed by atoms with E-state index in [2.05, 4.69) is 15.5 Å². The van der Waals surface area contributed by atoms with Crippen LogP contribution in [-0.4, -0.2) is 29.9 Å². The first-order valence-electron chi connectivity index (χ1n) is 6.43. The van der Waals surface area contributed by atoms with E-state index in [-0.39, 0.29) is 6.10 Å². The van der Waals surface area contributed by atoms with Gasteiger partial charge in [-0.25, -0.2) is 0 Å². The Bertz CT molecular complexity index is 523. The molecule has 1 aromatic heterocycles. The fourth-order valence-corrected chi connectivity index (χ4v) is 1.68. The average molecular weight is 261 g/mol. The molecule has 1 aromatic carbocycles. The smallest absolute Gasteiger partial charge is 0.247 e. The number of rotatable bonds is 6. The van der Waals surface area contributed by atoms with Crippen LogP contribution in [0.15, 0.2) is 28.7 Å². The lowest BCUT2D eigenvalue weighted by atomic mass is 10.2. The van der Waals surface area contributed by atoms with Gasteiger partial charge in [-0.05, 0) is 39.1 Å². The third-order valence-electron chi connectivity index (χ3n) is 2.51. The van der Waals surface area contributed by atoms with Crippen molar-refractivity contribution in [1.82, 2.24) is 15.5 Å². The minimum absolute atomic E-state index is 0.143. The van der Waals surface area contributed by atoms with Crippen molar-refractivity contribution in [3.05, 3.63) is 30.2 Å². The van der Waals surface area contributed by atoms with E-state index in [9.17, 15) is 0 Å². The maximum Gasteiger partial charge on any atom is 0.247 e. The minimum atomic E-state index is 0.143. The molecule has 2 rings (SSSR count). The molecule has 19 heavy (non-hydrogen) atoms. The average Bonchev–Trinajstić information content (AvgIpc) is 2.84. The lowest BCUT2D eigenvalue weighted by molar-refractivity contribution is 0.242. The number of aromatic nitrogens is 2. The zero-order chi connectivity index (χ0) is 13.7. The highest BCUT2D eigenvalue weighted by atomic mass is 16.5. The maximum absolute atomic E-state index is 5.65. The Morgan fingerprint density at radius 1 is 1.32 bits per heavy atom. The van der Waals surface area contributed by atoms with Crippen LogP contribution < -0.4 is 10.1 Å². The van der Waals surface area contributed by atoms with Crippen LogP contribution >= 0.6 is 0 Å². The first kappa shape index (κ1) is 13.5. The number of ether oxygens (including phenoxy) is 1. The summed E-state index contributed by atoms with van der Waals surface area (Å²) in [7, 11) is 1.89. The van der Waals surface area contributed by atoms with Crippen molar-refractivity contribution in [3.63, 3.8) is 0 Å². The molecule has 1 N–H and O–H groups in total. The zero-order valence-corrected chi connectivity index (χ0v) is 11.5. The van der Waals surface area contributed by atoms with Gasteiger partial charge in [0.05, 0.1) is 6.10 Å². The molecular weight excluding hydrogens is 242 g/mol. The van der Waals surface area contributed by atoms with Crippen molar-refractivity contribution < 1.29 is 9.15 Å². The molecule has 1 heterocycles. The van der Waals surface area contributed by atoms with E-state index < -0.39 is 0 Å². The third kappa shape index (κ3) is 3.79. The van der Waals surface area contributed by atoms with Gasteiger partial charge in [0.15, 0.2) is 0 Å². The number of benzene rings is 1. The summed E-state index contributed by atoms with van der Waals surface area (Å²) in [6.45, 7) is 4.81. The van der Waals surface area contributed by atoms with Gasteiger partial charge < -0.3 is 14.5 Å². The van der Waals surface area contributed by atoms with Crippen molar-refractivity contribution in [2.75, 3.05) is 13.6 Å². The molecule has 0 aliphatic heterocycles. The highest BCUT2D eigenvalue weighted by Gasteiger charge is 2.09. The van der Waals surface area contributed by atoms with Gasteiger partial charge in [-0.1, -0.05) is 6.07 Å². The zero-order valence-electron chi connectivity index (χ0n) is 11.5. The second-order valence-electron chi connectivity index (χ2n) is 4.55. The topological polar surface area (TPSA) is 60.2 Å². The fraction of sp³-hybridized carbons (Fsp3) is 0.429. The number of hydrogen-bond acceptors (Lipinski definition) is 5. The van der Waals surface area contributed by atoms with Crippen molar-refractivity contribution in [1.29, 1.82) is 0 Å². The lowest BCUT2D eigenvalue weighted by Crippen LogP contribution is -2.10. The second kappa shape index (κ2) is 6.33. The summed E-state index contributed by atoms with van der Waals surface area (Å²) in [5, 5.41) is 11.1. The number of nitrogens with zero attached hydrogens (tertiary/aromatic N) is 2.